The van der Waals surface area contributed by atoms with Gasteiger partial charge in [-0.3, -0.25) is 9.59 Å². The predicted octanol–water partition coefficient (Wildman–Crippen LogP) is 2.42. The van der Waals surface area contributed by atoms with Crippen molar-refractivity contribution in [3.05, 3.63) is 53.7 Å². The van der Waals surface area contributed by atoms with E-state index in [0.29, 0.717) is 17.1 Å². The molecule has 0 saturated heterocycles. The number of anilines is 1. The summed E-state index contributed by atoms with van der Waals surface area (Å²) < 4.78 is 11.2. The third-order valence-corrected chi connectivity index (χ3v) is 4.45. The number of benzene rings is 1. The maximum atomic E-state index is 12.7. The normalized spacial score (nSPS) is 11.9. The standard InChI is InChI=1S/C24H32N4O6/c1-16(29)27-22-10-7-18(14-26-22)20(30)15-28(23(32)34-24(2,3)4)11-12-33-19-8-5-17(6-9-19)13-21(25)31/h5-10,14,20,30H,11-13,15H2,1-4H3,(H2,25,31)(H,26,27,29). The van der Waals surface area contributed by atoms with Crippen LogP contribution in [-0.4, -0.2) is 58.2 Å². The van der Waals surface area contributed by atoms with Crippen LogP contribution in [0.4, 0.5) is 10.6 Å². The first kappa shape index (κ1) is 26.6. The van der Waals surface area contributed by atoms with Crippen LogP contribution in [0.25, 0.3) is 0 Å². The molecule has 10 heteroatoms. The summed E-state index contributed by atoms with van der Waals surface area (Å²) in [4.78, 5) is 40.3. The largest absolute Gasteiger partial charge is 0.492 e. The topological polar surface area (TPSA) is 144 Å². The fraction of sp³-hybridized carbons (Fsp3) is 0.417. The zero-order valence-corrected chi connectivity index (χ0v) is 19.9. The quantitative estimate of drug-likeness (QED) is 0.482. The number of ether oxygens (including phenoxy) is 2. The van der Waals surface area contributed by atoms with Crippen LogP contribution in [0.5, 0.6) is 5.75 Å². The predicted molar refractivity (Wildman–Crippen MR) is 126 cm³/mol. The van der Waals surface area contributed by atoms with Crippen LogP contribution in [0.3, 0.4) is 0 Å². The van der Waals surface area contributed by atoms with E-state index >= 15 is 0 Å². The van der Waals surface area contributed by atoms with Gasteiger partial charge in [-0.2, -0.15) is 0 Å². The molecule has 4 N–H and O–H groups in total. The highest BCUT2D eigenvalue weighted by Crippen LogP contribution is 2.18. The number of rotatable bonds is 10. The molecule has 1 aromatic heterocycles. The molecule has 0 aliphatic rings. The smallest absolute Gasteiger partial charge is 0.410 e. The lowest BCUT2D eigenvalue weighted by Crippen LogP contribution is -2.41. The number of amides is 3. The fourth-order valence-corrected chi connectivity index (χ4v) is 2.93. The fourth-order valence-electron chi connectivity index (χ4n) is 2.93. The molecule has 1 aromatic carbocycles. The van der Waals surface area contributed by atoms with Gasteiger partial charge in [-0.15, -0.1) is 0 Å². The first-order valence-electron chi connectivity index (χ1n) is 10.8. The zero-order valence-electron chi connectivity index (χ0n) is 19.9. The van der Waals surface area contributed by atoms with Crippen molar-refractivity contribution in [3.63, 3.8) is 0 Å². The first-order chi connectivity index (χ1) is 15.9. The number of carbonyl (C=O) groups is 3. The Bertz CT molecular complexity index is 970. The summed E-state index contributed by atoms with van der Waals surface area (Å²) in [5.74, 6) is 0.262. The van der Waals surface area contributed by atoms with E-state index in [0.717, 1.165) is 5.56 Å². The molecule has 184 valence electrons. The number of nitrogens with two attached hydrogens (primary N) is 1. The number of aliphatic hydroxyl groups is 1. The number of nitrogens with zero attached hydrogens (tertiary/aromatic N) is 2. The summed E-state index contributed by atoms with van der Waals surface area (Å²) in [6, 6.07) is 10.1. The van der Waals surface area contributed by atoms with Crippen LogP contribution in [0, 0.1) is 0 Å². The van der Waals surface area contributed by atoms with E-state index in [4.69, 9.17) is 15.2 Å². The van der Waals surface area contributed by atoms with Crippen molar-refractivity contribution in [2.75, 3.05) is 25.0 Å². The molecular formula is C24H32N4O6. The van der Waals surface area contributed by atoms with Gasteiger partial charge < -0.3 is 30.5 Å². The van der Waals surface area contributed by atoms with Gasteiger partial charge in [0.15, 0.2) is 0 Å². The van der Waals surface area contributed by atoms with E-state index in [-0.39, 0.29) is 32.0 Å². The molecule has 0 bridgehead atoms. The molecule has 34 heavy (non-hydrogen) atoms. The number of carbonyl (C=O) groups excluding carboxylic acids is 3. The summed E-state index contributed by atoms with van der Waals surface area (Å²) in [6.07, 6.45) is -0.0345. The molecule has 3 amide bonds. The maximum absolute atomic E-state index is 12.7. The van der Waals surface area contributed by atoms with Gasteiger partial charge in [-0.25, -0.2) is 9.78 Å². The van der Waals surface area contributed by atoms with Gasteiger partial charge in [0.1, 0.15) is 23.8 Å². The van der Waals surface area contributed by atoms with Crippen molar-refractivity contribution in [3.8, 4) is 5.75 Å². The molecule has 2 rings (SSSR count). The second-order valence-electron chi connectivity index (χ2n) is 8.74. The van der Waals surface area contributed by atoms with E-state index in [2.05, 4.69) is 10.3 Å². The zero-order chi connectivity index (χ0) is 25.3. The highest BCUT2D eigenvalue weighted by molar-refractivity contribution is 5.87. The average molecular weight is 473 g/mol. The van der Waals surface area contributed by atoms with Crippen LogP contribution in [-0.2, 0) is 20.7 Å². The average Bonchev–Trinajstić information content (AvgIpc) is 2.72. The lowest BCUT2D eigenvalue weighted by molar-refractivity contribution is -0.117. The van der Waals surface area contributed by atoms with E-state index < -0.39 is 23.7 Å². The third kappa shape index (κ3) is 9.45. The van der Waals surface area contributed by atoms with Crippen molar-refractivity contribution in [2.45, 2.75) is 45.8 Å². The summed E-state index contributed by atoms with van der Waals surface area (Å²) in [5.41, 5.74) is 5.74. The molecule has 1 heterocycles. The second-order valence-corrected chi connectivity index (χ2v) is 8.74. The van der Waals surface area contributed by atoms with Crippen LogP contribution < -0.4 is 15.8 Å². The monoisotopic (exact) mass is 472 g/mol. The summed E-state index contributed by atoms with van der Waals surface area (Å²) in [6.45, 7) is 6.92. The number of hydrogen-bond acceptors (Lipinski definition) is 7. The maximum Gasteiger partial charge on any atom is 0.410 e. The van der Waals surface area contributed by atoms with E-state index in [1.165, 1.54) is 18.0 Å². The van der Waals surface area contributed by atoms with E-state index in [1.807, 2.05) is 0 Å². The van der Waals surface area contributed by atoms with Gasteiger partial charge in [0.2, 0.25) is 11.8 Å². The van der Waals surface area contributed by atoms with Gasteiger partial charge in [0.25, 0.3) is 0 Å². The van der Waals surface area contributed by atoms with Crippen LogP contribution >= 0.6 is 0 Å². The lowest BCUT2D eigenvalue weighted by atomic mass is 10.1. The number of hydrogen-bond donors (Lipinski definition) is 3. The molecule has 0 spiro atoms. The van der Waals surface area contributed by atoms with Crippen molar-refractivity contribution in [1.29, 1.82) is 0 Å². The molecule has 0 saturated carbocycles. The highest BCUT2D eigenvalue weighted by Gasteiger charge is 2.25. The summed E-state index contributed by atoms with van der Waals surface area (Å²) >= 11 is 0. The molecule has 1 unspecified atom stereocenters. The Morgan fingerprint density at radius 1 is 1.15 bits per heavy atom. The Morgan fingerprint density at radius 3 is 2.35 bits per heavy atom. The Morgan fingerprint density at radius 2 is 1.82 bits per heavy atom. The van der Waals surface area contributed by atoms with E-state index in [9.17, 15) is 19.5 Å². The molecule has 0 aliphatic heterocycles. The molecule has 0 fully saturated rings. The number of nitrogens with one attached hydrogen (secondary N) is 1. The number of primary amides is 1. The Balaban J connectivity index is 2.02. The van der Waals surface area contributed by atoms with Crippen molar-refractivity contribution >= 4 is 23.7 Å². The van der Waals surface area contributed by atoms with E-state index in [1.54, 1.807) is 57.2 Å². The van der Waals surface area contributed by atoms with Gasteiger partial charge in [-0.1, -0.05) is 18.2 Å². The third-order valence-electron chi connectivity index (χ3n) is 4.45. The molecule has 1 atom stereocenters. The molecule has 0 aliphatic carbocycles. The van der Waals surface area contributed by atoms with Gasteiger partial charge in [0, 0.05) is 18.7 Å². The van der Waals surface area contributed by atoms with Gasteiger partial charge in [0.05, 0.1) is 25.6 Å². The number of aromatic nitrogens is 1. The summed E-state index contributed by atoms with van der Waals surface area (Å²) in [5, 5.41) is 13.2. The summed E-state index contributed by atoms with van der Waals surface area (Å²) in [7, 11) is 0. The Kier molecular flexibility index (Phi) is 9.37. The minimum Gasteiger partial charge on any atom is -0.492 e. The van der Waals surface area contributed by atoms with Crippen molar-refractivity contribution in [2.24, 2.45) is 5.73 Å². The van der Waals surface area contributed by atoms with Gasteiger partial charge in [-0.05, 0) is 44.5 Å². The van der Waals surface area contributed by atoms with Gasteiger partial charge >= 0.3 is 6.09 Å². The molecular weight excluding hydrogens is 440 g/mol. The Hall–Kier alpha value is -3.66. The second kappa shape index (κ2) is 12.0. The SMILES string of the molecule is CC(=O)Nc1ccc(C(O)CN(CCOc2ccc(CC(N)=O)cc2)C(=O)OC(C)(C)C)cn1. The highest BCUT2D eigenvalue weighted by atomic mass is 16.6. The van der Waals surface area contributed by atoms with Crippen LogP contribution in [0.15, 0.2) is 42.6 Å². The van der Waals surface area contributed by atoms with Crippen molar-refractivity contribution < 1.29 is 29.0 Å². The minimum absolute atomic E-state index is 0.0447. The molecule has 10 nitrogen and oxygen atoms in total. The Labute approximate surface area is 199 Å². The van der Waals surface area contributed by atoms with Crippen LogP contribution in [0.1, 0.15) is 44.9 Å². The molecule has 0 radical (unpaired) electrons. The number of pyridine rings is 1. The minimum atomic E-state index is -1.03. The molecule has 2 aromatic rings. The lowest BCUT2D eigenvalue weighted by Gasteiger charge is -2.29. The van der Waals surface area contributed by atoms with Crippen LogP contribution in [0.2, 0.25) is 0 Å². The number of aliphatic hydroxyl groups excluding tert-OH is 1. The van der Waals surface area contributed by atoms with Crippen molar-refractivity contribution in [1.82, 2.24) is 9.88 Å². The first-order valence-corrected chi connectivity index (χ1v) is 10.8.